The van der Waals surface area contributed by atoms with Crippen molar-refractivity contribution in [1.82, 2.24) is 5.32 Å². The minimum atomic E-state index is -0.202. The molecule has 0 amide bonds. The van der Waals surface area contributed by atoms with Crippen LogP contribution in [0, 0.1) is 0 Å². The highest BCUT2D eigenvalue weighted by atomic mass is 16.7. The molecule has 0 aliphatic carbocycles. The number of benzene rings is 1. The molecule has 0 aliphatic heterocycles. The van der Waals surface area contributed by atoms with Crippen LogP contribution < -0.4 is 10.1 Å². The summed E-state index contributed by atoms with van der Waals surface area (Å²) in [5.74, 6) is 0.895. The molecule has 1 rings (SSSR count). The van der Waals surface area contributed by atoms with E-state index < -0.39 is 0 Å². The first-order chi connectivity index (χ1) is 9.22. The monoisotopic (exact) mass is 267 g/mol. The summed E-state index contributed by atoms with van der Waals surface area (Å²) in [4.78, 5) is 0. The third-order valence-electron chi connectivity index (χ3n) is 2.90. The Morgan fingerprint density at radius 1 is 1.11 bits per heavy atom. The maximum Gasteiger partial charge on any atom is 0.169 e. The fourth-order valence-corrected chi connectivity index (χ4v) is 1.94. The number of rotatable bonds is 9. The molecule has 108 valence electrons. The summed E-state index contributed by atoms with van der Waals surface area (Å²) >= 11 is 0. The van der Waals surface area contributed by atoms with Gasteiger partial charge in [0, 0.05) is 31.4 Å². The molecular formula is C15H25NO3. The summed E-state index contributed by atoms with van der Waals surface area (Å²) < 4.78 is 16.4. The second-order valence-corrected chi connectivity index (χ2v) is 4.21. The molecule has 1 atom stereocenters. The van der Waals surface area contributed by atoms with E-state index in [4.69, 9.17) is 14.2 Å². The smallest absolute Gasteiger partial charge is 0.169 e. The van der Waals surface area contributed by atoms with Gasteiger partial charge in [0.05, 0.1) is 7.11 Å². The maximum absolute atomic E-state index is 5.51. The van der Waals surface area contributed by atoms with E-state index in [1.54, 1.807) is 7.11 Å². The van der Waals surface area contributed by atoms with Gasteiger partial charge in [0.15, 0.2) is 6.29 Å². The Bertz CT molecular complexity index is 351. The second kappa shape index (κ2) is 8.91. The normalized spacial score (nSPS) is 12.7. The number of methoxy groups -OCH3 is 1. The Balaban J connectivity index is 2.55. The Kier molecular flexibility index (Phi) is 7.48. The minimum Gasteiger partial charge on any atom is -0.496 e. The second-order valence-electron chi connectivity index (χ2n) is 4.21. The van der Waals surface area contributed by atoms with Gasteiger partial charge >= 0.3 is 0 Å². The molecule has 0 heterocycles. The van der Waals surface area contributed by atoms with E-state index in [-0.39, 0.29) is 12.3 Å². The lowest BCUT2D eigenvalue weighted by atomic mass is 10.1. The summed E-state index contributed by atoms with van der Waals surface area (Å²) in [5, 5.41) is 3.41. The molecule has 0 radical (unpaired) electrons. The average Bonchev–Trinajstić information content (AvgIpc) is 2.44. The minimum absolute atomic E-state index is 0.180. The molecule has 0 bridgehead atoms. The first-order valence-corrected chi connectivity index (χ1v) is 6.82. The molecule has 0 saturated carbocycles. The summed E-state index contributed by atoms with van der Waals surface area (Å²) in [6, 6.07) is 8.19. The third kappa shape index (κ3) is 5.19. The molecule has 0 aromatic heterocycles. The lowest BCUT2D eigenvalue weighted by molar-refractivity contribution is -0.133. The van der Waals surface area contributed by atoms with Crippen molar-refractivity contribution in [1.29, 1.82) is 0 Å². The molecule has 0 unspecified atom stereocenters. The van der Waals surface area contributed by atoms with Crippen LogP contribution in [0.5, 0.6) is 5.75 Å². The van der Waals surface area contributed by atoms with Gasteiger partial charge < -0.3 is 19.5 Å². The topological polar surface area (TPSA) is 39.7 Å². The van der Waals surface area contributed by atoms with Crippen LogP contribution in [-0.4, -0.2) is 33.2 Å². The van der Waals surface area contributed by atoms with Crippen molar-refractivity contribution in [2.75, 3.05) is 26.9 Å². The van der Waals surface area contributed by atoms with Crippen LogP contribution >= 0.6 is 0 Å². The Labute approximate surface area is 116 Å². The lowest BCUT2D eigenvalue weighted by Crippen LogP contribution is -2.33. The van der Waals surface area contributed by atoms with Gasteiger partial charge in [-0.25, -0.2) is 0 Å². The third-order valence-corrected chi connectivity index (χ3v) is 2.90. The molecule has 0 aliphatic rings. The molecule has 1 aromatic rings. The van der Waals surface area contributed by atoms with Crippen molar-refractivity contribution in [3.8, 4) is 5.75 Å². The van der Waals surface area contributed by atoms with Crippen LogP contribution in [0.25, 0.3) is 0 Å². The summed E-state index contributed by atoms with van der Waals surface area (Å²) in [5.41, 5.74) is 1.14. The number of ether oxygens (including phenoxy) is 3. The number of hydrogen-bond acceptors (Lipinski definition) is 4. The largest absolute Gasteiger partial charge is 0.496 e. The molecule has 0 fully saturated rings. The van der Waals surface area contributed by atoms with E-state index in [0.717, 1.165) is 11.3 Å². The zero-order valence-corrected chi connectivity index (χ0v) is 12.3. The van der Waals surface area contributed by atoms with Crippen LogP contribution in [0.1, 0.15) is 32.4 Å². The lowest BCUT2D eigenvalue weighted by Gasteiger charge is -2.22. The molecule has 4 nitrogen and oxygen atoms in total. The van der Waals surface area contributed by atoms with Gasteiger partial charge in [-0.2, -0.15) is 0 Å². The number of para-hydroxylation sites is 1. The molecule has 1 N–H and O–H groups in total. The van der Waals surface area contributed by atoms with Crippen LogP contribution in [-0.2, 0) is 9.47 Å². The van der Waals surface area contributed by atoms with Crippen molar-refractivity contribution in [3.63, 3.8) is 0 Å². The van der Waals surface area contributed by atoms with Gasteiger partial charge in [-0.1, -0.05) is 18.2 Å². The first-order valence-electron chi connectivity index (χ1n) is 6.82. The average molecular weight is 267 g/mol. The van der Waals surface area contributed by atoms with Gasteiger partial charge in [0.2, 0.25) is 0 Å². The zero-order valence-electron chi connectivity index (χ0n) is 12.3. The molecule has 0 saturated heterocycles. The van der Waals surface area contributed by atoms with E-state index >= 15 is 0 Å². The molecular weight excluding hydrogens is 242 g/mol. The summed E-state index contributed by atoms with van der Waals surface area (Å²) in [6.07, 6.45) is -0.202. The Morgan fingerprint density at radius 3 is 2.32 bits per heavy atom. The Morgan fingerprint density at radius 2 is 1.74 bits per heavy atom. The molecule has 1 aromatic carbocycles. The van der Waals surface area contributed by atoms with E-state index in [2.05, 4.69) is 18.3 Å². The van der Waals surface area contributed by atoms with E-state index in [1.165, 1.54) is 0 Å². The van der Waals surface area contributed by atoms with Crippen molar-refractivity contribution >= 4 is 0 Å². The van der Waals surface area contributed by atoms with Gasteiger partial charge in [0.1, 0.15) is 5.75 Å². The van der Waals surface area contributed by atoms with Crippen molar-refractivity contribution in [3.05, 3.63) is 29.8 Å². The van der Waals surface area contributed by atoms with Crippen LogP contribution in [0.3, 0.4) is 0 Å². The standard InChI is InChI=1S/C15H25NO3/c1-5-18-15(19-6-2)11-16-12(3)13-9-7-8-10-14(13)17-4/h7-10,12,15-16H,5-6,11H2,1-4H3/t12-/m0/s1. The zero-order chi connectivity index (χ0) is 14.1. The van der Waals surface area contributed by atoms with E-state index in [1.807, 2.05) is 32.0 Å². The predicted molar refractivity (Wildman–Crippen MR) is 76.5 cm³/mol. The Hall–Kier alpha value is -1.10. The molecule has 19 heavy (non-hydrogen) atoms. The fraction of sp³-hybridized carbons (Fsp3) is 0.600. The van der Waals surface area contributed by atoms with Gasteiger partial charge in [-0.3, -0.25) is 0 Å². The van der Waals surface area contributed by atoms with Gasteiger partial charge in [-0.15, -0.1) is 0 Å². The van der Waals surface area contributed by atoms with E-state index in [0.29, 0.717) is 19.8 Å². The van der Waals surface area contributed by atoms with Crippen LogP contribution in [0.4, 0.5) is 0 Å². The highest BCUT2D eigenvalue weighted by Gasteiger charge is 2.13. The number of hydrogen-bond donors (Lipinski definition) is 1. The number of nitrogens with one attached hydrogen (secondary N) is 1. The molecule has 4 heteroatoms. The van der Waals surface area contributed by atoms with Crippen molar-refractivity contribution < 1.29 is 14.2 Å². The van der Waals surface area contributed by atoms with Crippen molar-refractivity contribution in [2.24, 2.45) is 0 Å². The highest BCUT2D eigenvalue weighted by molar-refractivity contribution is 5.35. The predicted octanol–water partition coefficient (Wildman–Crippen LogP) is 2.74. The quantitative estimate of drug-likeness (QED) is 0.698. The summed E-state index contributed by atoms with van der Waals surface area (Å²) in [7, 11) is 1.69. The van der Waals surface area contributed by atoms with Gasteiger partial charge in [0.25, 0.3) is 0 Å². The maximum atomic E-state index is 5.51. The SMILES string of the molecule is CCOC(CN[C@@H](C)c1ccccc1OC)OCC. The fourth-order valence-electron chi connectivity index (χ4n) is 1.94. The molecule has 0 spiro atoms. The van der Waals surface area contributed by atoms with E-state index in [9.17, 15) is 0 Å². The van der Waals surface area contributed by atoms with Crippen LogP contribution in [0.2, 0.25) is 0 Å². The summed E-state index contributed by atoms with van der Waals surface area (Å²) in [6.45, 7) is 7.99. The van der Waals surface area contributed by atoms with Crippen LogP contribution in [0.15, 0.2) is 24.3 Å². The first kappa shape index (κ1) is 16.0. The highest BCUT2D eigenvalue weighted by Crippen LogP contribution is 2.24. The van der Waals surface area contributed by atoms with Crippen molar-refractivity contribution in [2.45, 2.75) is 33.1 Å². The van der Waals surface area contributed by atoms with Gasteiger partial charge in [-0.05, 0) is 26.8 Å².